The molecule has 0 aliphatic heterocycles. The molecular formula is C29H32N4O3. The van der Waals surface area contributed by atoms with Crippen LogP contribution in [0.15, 0.2) is 60.9 Å². The number of aromatic amines is 2. The van der Waals surface area contributed by atoms with E-state index in [-0.39, 0.29) is 0 Å². The summed E-state index contributed by atoms with van der Waals surface area (Å²) in [7, 11) is 1.69. The minimum atomic E-state index is -0.531. The third kappa shape index (κ3) is 4.94. The number of fused-ring (bicyclic) bond motifs is 2. The highest BCUT2D eigenvalue weighted by molar-refractivity contribution is 5.90. The van der Waals surface area contributed by atoms with Gasteiger partial charge in [-0.05, 0) is 78.3 Å². The van der Waals surface area contributed by atoms with Crippen LogP contribution in [0.3, 0.4) is 0 Å². The Morgan fingerprint density at radius 3 is 2.89 bits per heavy atom. The predicted molar refractivity (Wildman–Crippen MR) is 141 cm³/mol. The molecule has 2 aromatic carbocycles. The number of H-pyrrole nitrogens is 2. The van der Waals surface area contributed by atoms with E-state index in [1.54, 1.807) is 18.7 Å². The smallest absolute Gasteiger partial charge is 0.267 e. The highest BCUT2D eigenvalue weighted by Crippen LogP contribution is 2.38. The maximum atomic E-state index is 11.4. The summed E-state index contributed by atoms with van der Waals surface area (Å²) in [6, 6.07) is 15.0. The second kappa shape index (κ2) is 10.4. The first kappa shape index (κ1) is 23.9. The number of amides is 1. The van der Waals surface area contributed by atoms with Crippen molar-refractivity contribution in [2.75, 3.05) is 13.7 Å². The average molecular weight is 485 g/mol. The van der Waals surface area contributed by atoms with Crippen LogP contribution >= 0.6 is 0 Å². The summed E-state index contributed by atoms with van der Waals surface area (Å²) in [6.07, 6.45) is 10.2. The predicted octanol–water partition coefficient (Wildman–Crippen LogP) is 5.06. The van der Waals surface area contributed by atoms with Crippen LogP contribution in [0.25, 0.3) is 17.0 Å². The lowest BCUT2D eigenvalue weighted by atomic mass is 10.0. The molecular weight excluding hydrogens is 452 g/mol. The van der Waals surface area contributed by atoms with Gasteiger partial charge in [0.1, 0.15) is 5.75 Å². The topological polar surface area (TPSA) is 93.4 Å². The molecule has 2 aromatic heterocycles. The Hall–Kier alpha value is -3.81. The van der Waals surface area contributed by atoms with Gasteiger partial charge in [0.25, 0.3) is 5.91 Å². The molecule has 1 aliphatic carbocycles. The molecule has 0 saturated heterocycles. The summed E-state index contributed by atoms with van der Waals surface area (Å²) >= 11 is 0. The molecule has 186 valence electrons. The number of aryl methyl sites for hydroxylation is 2. The van der Waals surface area contributed by atoms with Crippen molar-refractivity contribution in [1.82, 2.24) is 20.3 Å². The fraction of sp³-hybridized carbons (Fsp3) is 0.276. The summed E-state index contributed by atoms with van der Waals surface area (Å²) < 4.78 is 5.37. The molecule has 5 rings (SSSR count). The first-order chi connectivity index (χ1) is 17.6. The Bertz CT molecular complexity index is 1400. The van der Waals surface area contributed by atoms with Crippen molar-refractivity contribution in [3.8, 4) is 5.75 Å². The molecule has 7 nitrogen and oxygen atoms in total. The lowest BCUT2D eigenvalue weighted by molar-refractivity contribution is -0.124. The number of hydrogen-bond donors (Lipinski definition) is 4. The van der Waals surface area contributed by atoms with Crippen LogP contribution in [0.2, 0.25) is 0 Å². The minimum Gasteiger partial charge on any atom is -0.497 e. The van der Waals surface area contributed by atoms with Crippen molar-refractivity contribution in [3.05, 3.63) is 94.4 Å². The quantitative estimate of drug-likeness (QED) is 0.152. The van der Waals surface area contributed by atoms with Gasteiger partial charge in [0, 0.05) is 60.3 Å². The van der Waals surface area contributed by atoms with Gasteiger partial charge >= 0.3 is 0 Å². The number of rotatable bonds is 9. The van der Waals surface area contributed by atoms with Crippen LogP contribution in [0, 0.1) is 6.92 Å². The third-order valence-corrected chi connectivity index (χ3v) is 7.26. The highest BCUT2D eigenvalue weighted by atomic mass is 16.5. The van der Waals surface area contributed by atoms with Crippen LogP contribution in [0.5, 0.6) is 5.75 Å². The van der Waals surface area contributed by atoms with Crippen molar-refractivity contribution in [1.29, 1.82) is 0 Å². The standard InChI is InChI=1S/C29H32N4O3/c1-19-11-13-30-27(19)18-33(14-12-22-17-31-26-16-23(36-2)6-8-24(22)26)28-9-5-21-15-20(3-7-25(21)28)4-10-29(34)32-35/h3-4,6-8,10-11,13,15-17,28,30-31,35H,5,9,12,14,18H2,1-2H3,(H,32,34)/b10-4+. The highest BCUT2D eigenvalue weighted by Gasteiger charge is 2.28. The zero-order chi connectivity index (χ0) is 25.1. The van der Waals surface area contributed by atoms with E-state index in [1.165, 1.54) is 39.4 Å². The molecule has 4 aromatic rings. The number of nitrogens with zero attached hydrogens (tertiary/aromatic N) is 1. The van der Waals surface area contributed by atoms with Crippen molar-refractivity contribution in [2.45, 2.75) is 38.8 Å². The molecule has 0 saturated carbocycles. The van der Waals surface area contributed by atoms with E-state index in [1.807, 2.05) is 24.4 Å². The number of hydroxylamine groups is 1. The molecule has 36 heavy (non-hydrogen) atoms. The van der Waals surface area contributed by atoms with E-state index in [2.05, 4.69) is 52.3 Å². The van der Waals surface area contributed by atoms with E-state index in [9.17, 15) is 4.79 Å². The van der Waals surface area contributed by atoms with Crippen LogP contribution in [-0.4, -0.2) is 39.6 Å². The Kier molecular flexibility index (Phi) is 6.93. The Morgan fingerprint density at radius 1 is 1.22 bits per heavy atom. The SMILES string of the molecule is COc1ccc2c(CCN(Cc3[nH]ccc3C)C3CCc4cc(/C=C/C(=O)NO)ccc43)c[nH]c2c1. The lowest BCUT2D eigenvalue weighted by Crippen LogP contribution is -2.29. The molecule has 0 radical (unpaired) electrons. The zero-order valence-electron chi connectivity index (χ0n) is 20.7. The number of aromatic nitrogens is 2. The van der Waals surface area contributed by atoms with Crippen molar-refractivity contribution in [3.63, 3.8) is 0 Å². The largest absolute Gasteiger partial charge is 0.497 e. The Labute approximate surface area is 210 Å². The molecule has 1 amide bonds. The van der Waals surface area contributed by atoms with Crippen molar-refractivity contribution >= 4 is 22.9 Å². The molecule has 0 spiro atoms. The van der Waals surface area contributed by atoms with Crippen molar-refractivity contribution in [2.24, 2.45) is 0 Å². The number of methoxy groups -OCH3 is 1. The lowest BCUT2D eigenvalue weighted by Gasteiger charge is -2.30. The fourth-order valence-electron chi connectivity index (χ4n) is 5.27. The van der Waals surface area contributed by atoms with Crippen LogP contribution in [0.4, 0.5) is 0 Å². The third-order valence-electron chi connectivity index (χ3n) is 7.26. The first-order valence-electron chi connectivity index (χ1n) is 12.3. The molecule has 1 atom stereocenters. The first-order valence-corrected chi connectivity index (χ1v) is 12.3. The maximum absolute atomic E-state index is 11.4. The average Bonchev–Trinajstić information content (AvgIpc) is 3.62. The molecule has 4 N–H and O–H groups in total. The molecule has 7 heteroatoms. The molecule has 0 fully saturated rings. The van der Waals surface area contributed by atoms with E-state index < -0.39 is 5.91 Å². The number of carbonyl (C=O) groups excluding carboxylic acids is 1. The second-order valence-corrected chi connectivity index (χ2v) is 9.41. The molecule has 1 unspecified atom stereocenters. The maximum Gasteiger partial charge on any atom is 0.267 e. The van der Waals surface area contributed by atoms with Crippen LogP contribution in [0.1, 0.15) is 46.0 Å². The van der Waals surface area contributed by atoms with Gasteiger partial charge in [-0.15, -0.1) is 0 Å². The van der Waals surface area contributed by atoms with E-state index in [0.29, 0.717) is 6.04 Å². The summed E-state index contributed by atoms with van der Waals surface area (Å²) in [5.41, 5.74) is 10.2. The Balaban J connectivity index is 1.39. The fourth-order valence-corrected chi connectivity index (χ4v) is 5.27. The van der Waals surface area contributed by atoms with Gasteiger partial charge in [-0.1, -0.05) is 18.2 Å². The van der Waals surface area contributed by atoms with E-state index in [4.69, 9.17) is 9.94 Å². The summed E-state index contributed by atoms with van der Waals surface area (Å²) in [6.45, 7) is 3.94. The molecule has 1 aliphatic rings. The summed E-state index contributed by atoms with van der Waals surface area (Å²) in [5, 5.41) is 9.96. The number of nitrogens with one attached hydrogen (secondary N) is 3. The number of benzene rings is 2. The summed E-state index contributed by atoms with van der Waals surface area (Å²) in [5.74, 6) is 0.324. The van der Waals surface area contributed by atoms with Gasteiger partial charge in [0.2, 0.25) is 0 Å². The van der Waals surface area contributed by atoms with Gasteiger partial charge in [-0.25, -0.2) is 5.48 Å². The van der Waals surface area contributed by atoms with Crippen LogP contribution < -0.4 is 10.2 Å². The molecule has 2 heterocycles. The minimum absolute atomic E-state index is 0.326. The number of ether oxygens (including phenoxy) is 1. The number of hydrogen-bond acceptors (Lipinski definition) is 4. The van der Waals surface area contributed by atoms with Crippen molar-refractivity contribution < 1.29 is 14.7 Å². The van der Waals surface area contributed by atoms with E-state index >= 15 is 0 Å². The van der Waals surface area contributed by atoms with Gasteiger partial charge in [-0.2, -0.15) is 0 Å². The summed E-state index contributed by atoms with van der Waals surface area (Å²) in [4.78, 5) is 20.8. The van der Waals surface area contributed by atoms with Crippen LogP contribution in [-0.2, 0) is 24.2 Å². The number of carbonyl (C=O) groups is 1. The van der Waals surface area contributed by atoms with Gasteiger partial charge in [-0.3, -0.25) is 14.9 Å². The monoisotopic (exact) mass is 484 g/mol. The van der Waals surface area contributed by atoms with Gasteiger partial charge < -0.3 is 14.7 Å². The molecule has 0 bridgehead atoms. The van der Waals surface area contributed by atoms with Gasteiger partial charge in [0.15, 0.2) is 0 Å². The van der Waals surface area contributed by atoms with Gasteiger partial charge in [0.05, 0.1) is 7.11 Å². The van der Waals surface area contributed by atoms with E-state index in [0.717, 1.165) is 49.2 Å². The zero-order valence-corrected chi connectivity index (χ0v) is 20.7. The normalized spacial score (nSPS) is 15.2. The Morgan fingerprint density at radius 2 is 2.11 bits per heavy atom. The second-order valence-electron chi connectivity index (χ2n) is 9.41.